The van der Waals surface area contributed by atoms with Gasteiger partial charge in [0.25, 0.3) is 16.9 Å². The van der Waals surface area contributed by atoms with Crippen molar-refractivity contribution in [3.8, 4) is 10.6 Å². The highest BCUT2D eigenvalue weighted by Gasteiger charge is 2.20. The molecule has 0 radical (unpaired) electrons. The number of pyridine rings is 1. The molecule has 5 aromatic rings. The number of H-pyrrole nitrogens is 1. The van der Waals surface area contributed by atoms with Gasteiger partial charge in [0.2, 0.25) is 0 Å². The first kappa shape index (κ1) is 18.7. The quantitative estimate of drug-likeness (QED) is 0.402. The fraction of sp³-hybridized carbons (Fsp3) is 0. The minimum Gasteiger partial charge on any atom is -0.397 e. The number of anilines is 1. The number of aromatic amines is 1. The number of halogens is 1. The second-order valence-corrected chi connectivity index (χ2v) is 8.52. The van der Waals surface area contributed by atoms with Gasteiger partial charge in [0.05, 0.1) is 21.6 Å². The predicted octanol–water partition coefficient (Wildman–Crippen LogP) is 3.52. The summed E-state index contributed by atoms with van der Waals surface area (Å²) in [6.07, 6.45) is 3.34. The summed E-state index contributed by atoms with van der Waals surface area (Å²) in [6, 6.07) is 7.53. The molecule has 0 saturated carbocycles. The summed E-state index contributed by atoms with van der Waals surface area (Å²) in [7, 11) is 0. The van der Waals surface area contributed by atoms with Gasteiger partial charge in [0, 0.05) is 4.88 Å². The SMILES string of the molecule is Nc1c(Cl)c(=O)[nH]c2c1c(-c1cccs1)nc1nnc(/C=C/c3cccs3)c(=O)n12. The lowest BCUT2D eigenvalue weighted by Gasteiger charge is -2.11. The zero-order valence-corrected chi connectivity index (χ0v) is 17.4. The second kappa shape index (κ2) is 7.17. The summed E-state index contributed by atoms with van der Waals surface area (Å²) < 4.78 is 1.20. The normalized spacial score (nSPS) is 11.8. The van der Waals surface area contributed by atoms with Crippen molar-refractivity contribution in [1.82, 2.24) is 24.6 Å². The molecular weight excluding hydrogens is 444 g/mol. The Bertz CT molecular complexity index is 1550. The highest BCUT2D eigenvalue weighted by atomic mass is 35.5. The Morgan fingerprint density at radius 3 is 2.63 bits per heavy atom. The largest absolute Gasteiger partial charge is 0.397 e. The average Bonchev–Trinajstić information content (AvgIpc) is 3.45. The van der Waals surface area contributed by atoms with Gasteiger partial charge in [-0.15, -0.1) is 32.9 Å². The van der Waals surface area contributed by atoms with Crippen molar-refractivity contribution in [2.45, 2.75) is 0 Å². The molecule has 5 heterocycles. The first-order valence-electron chi connectivity index (χ1n) is 8.60. The van der Waals surface area contributed by atoms with Crippen molar-refractivity contribution in [2.24, 2.45) is 0 Å². The maximum atomic E-state index is 13.2. The molecule has 0 atom stereocenters. The van der Waals surface area contributed by atoms with Crippen LogP contribution in [-0.4, -0.2) is 24.6 Å². The number of thiophene rings is 2. The first-order chi connectivity index (χ1) is 14.5. The number of hydrogen-bond acceptors (Lipinski definition) is 8. The third-order valence-electron chi connectivity index (χ3n) is 4.42. The van der Waals surface area contributed by atoms with E-state index in [0.29, 0.717) is 11.1 Å². The molecule has 0 bridgehead atoms. The molecule has 148 valence electrons. The van der Waals surface area contributed by atoms with E-state index < -0.39 is 11.1 Å². The molecule has 0 aliphatic carbocycles. The molecule has 0 aliphatic rings. The molecule has 11 heteroatoms. The highest BCUT2D eigenvalue weighted by molar-refractivity contribution is 7.13. The van der Waals surface area contributed by atoms with Crippen LogP contribution in [0.5, 0.6) is 0 Å². The zero-order chi connectivity index (χ0) is 20.8. The van der Waals surface area contributed by atoms with Crippen molar-refractivity contribution >= 4 is 68.9 Å². The Morgan fingerprint density at radius 1 is 1.10 bits per heavy atom. The molecular formula is C19H11ClN6O2S2. The Kier molecular flexibility index (Phi) is 4.46. The lowest BCUT2D eigenvalue weighted by molar-refractivity contribution is 0.906. The van der Waals surface area contributed by atoms with Crippen molar-refractivity contribution in [1.29, 1.82) is 0 Å². The summed E-state index contributed by atoms with van der Waals surface area (Å²) in [5, 5.41) is 12.2. The first-order valence-corrected chi connectivity index (χ1v) is 10.7. The van der Waals surface area contributed by atoms with Gasteiger partial charge in [-0.2, -0.15) is 0 Å². The number of aromatic nitrogens is 5. The number of nitrogens with two attached hydrogens (primary N) is 1. The van der Waals surface area contributed by atoms with Crippen LogP contribution in [-0.2, 0) is 0 Å². The molecule has 0 aliphatic heterocycles. The average molecular weight is 455 g/mol. The molecule has 5 rings (SSSR count). The van der Waals surface area contributed by atoms with Crippen LogP contribution in [0.2, 0.25) is 5.02 Å². The number of nitrogens with zero attached hydrogens (tertiary/aromatic N) is 4. The maximum absolute atomic E-state index is 13.2. The standard InChI is InChI=1S/C19H11ClN6O2S2/c20-13-14(21)12-15(11-4-2-8-30-11)22-19-25-24-10(6-5-9-3-1-7-29-9)18(28)26(19)16(12)23-17(13)27/h1-8H,(H3,21,23,27)/b6-5+. The summed E-state index contributed by atoms with van der Waals surface area (Å²) >= 11 is 9.06. The van der Waals surface area contributed by atoms with E-state index in [1.54, 1.807) is 12.2 Å². The number of rotatable bonds is 3. The summed E-state index contributed by atoms with van der Waals surface area (Å²) in [4.78, 5) is 34.4. The van der Waals surface area contributed by atoms with Gasteiger partial charge < -0.3 is 10.7 Å². The fourth-order valence-corrected chi connectivity index (χ4v) is 4.54. The number of fused-ring (bicyclic) bond motifs is 3. The molecule has 0 unspecified atom stereocenters. The van der Waals surface area contributed by atoms with Gasteiger partial charge in [0.1, 0.15) is 10.7 Å². The zero-order valence-electron chi connectivity index (χ0n) is 15.0. The van der Waals surface area contributed by atoms with Crippen LogP contribution in [0.25, 0.3) is 39.5 Å². The van der Waals surface area contributed by atoms with Crippen LogP contribution in [0.3, 0.4) is 0 Å². The van der Waals surface area contributed by atoms with Crippen LogP contribution in [0.15, 0.2) is 44.6 Å². The van der Waals surface area contributed by atoms with E-state index in [0.717, 1.165) is 9.75 Å². The predicted molar refractivity (Wildman–Crippen MR) is 121 cm³/mol. The Labute approximate surface area is 180 Å². The molecule has 5 aromatic heterocycles. The van der Waals surface area contributed by atoms with E-state index in [1.807, 2.05) is 35.0 Å². The van der Waals surface area contributed by atoms with Crippen LogP contribution in [0.4, 0.5) is 5.69 Å². The Balaban J connectivity index is 1.88. The van der Waals surface area contributed by atoms with E-state index in [-0.39, 0.29) is 27.8 Å². The fourth-order valence-electron chi connectivity index (χ4n) is 3.06. The van der Waals surface area contributed by atoms with Crippen LogP contribution < -0.4 is 16.9 Å². The van der Waals surface area contributed by atoms with Gasteiger partial charge in [-0.1, -0.05) is 23.7 Å². The van der Waals surface area contributed by atoms with Gasteiger partial charge in [-0.25, -0.2) is 9.38 Å². The molecule has 0 spiro atoms. The van der Waals surface area contributed by atoms with Crippen molar-refractivity contribution in [2.75, 3.05) is 5.73 Å². The van der Waals surface area contributed by atoms with Gasteiger partial charge >= 0.3 is 0 Å². The van der Waals surface area contributed by atoms with E-state index in [2.05, 4.69) is 20.2 Å². The van der Waals surface area contributed by atoms with E-state index >= 15 is 0 Å². The van der Waals surface area contributed by atoms with Crippen molar-refractivity contribution in [3.05, 3.63) is 71.3 Å². The smallest absolute Gasteiger partial charge is 0.286 e. The maximum Gasteiger partial charge on any atom is 0.286 e. The molecule has 8 nitrogen and oxygen atoms in total. The van der Waals surface area contributed by atoms with E-state index in [9.17, 15) is 9.59 Å². The minimum atomic E-state index is -0.606. The molecule has 30 heavy (non-hydrogen) atoms. The summed E-state index contributed by atoms with van der Waals surface area (Å²) in [5.41, 5.74) is 5.86. The van der Waals surface area contributed by atoms with Crippen LogP contribution >= 0.6 is 34.3 Å². The molecule has 0 saturated heterocycles. The van der Waals surface area contributed by atoms with Crippen molar-refractivity contribution in [3.63, 3.8) is 0 Å². The molecule has 0 amide bonds. The molecule has 3 N–H and O–H groups in total. The molecule has 0 fully saturated rings. The number of nitrogens with one attached hydrogen (secondary N) is 1. The number of hydrogen-bond donors (Lipinski definition) is 2. The summed E-state index contributed by atoms with van der Waals surface area (Å²) in [5.74, 6) is 0.0431. The van der Waals surface area contributed by atoms with E-state index in [1.165, 1.54) is 27.1 Å². The van der Waals surface area contributed by atoms with Gasteiger partial charge in [-0.3, -0.25) is 9.59 Å². The third kappa shape index (κ3) is 2.93. The summed E-state index contributed by atoms with van der Waals surface area (Å²) in [6.45, 7) is 0. The molecule has 0 aromatic carbocycles. The number of nitrogen functional groups attached to an aromatic ring is 1. The van der Waals surface area contributed by atoms with Gasteiger partial charge in [-0.05, 0) is 35.0 Å². The Morgan fingerprint density at radius 2 is 1.90 bits per heavy atom. The highest BCUT2D eigenvalue weighted by Crippen LogP contribution is 2.34. The third-order valence-corrected chi connectivity index (χ3v) is 6.51. The van der Waals surface area contributed by atoms with Gasteiger partial charge in [0.15, 0.2) is 5.69 Å². The minimum absolute atomic E-state index is 0.0431. The van der Waals surface area contributed by atoms with Crippen LogP contribution in [0, 0.1) is 0 Å². The second-order valence-electron chi connectivity index (χ2n) is 6.22. The van der Waals surface area contributed by atoms with Crippen LogP contribution in [0.1, 0.15) is 10.6 Å². The monoisotopic (exact) mass is 454 g/mol. The lowest BCUT2D eigenvalue weighted by atomic mass is 10.2. The Hall–Kier alpha value is -3.34. The van der Waals surface area contributed by atoms with Crippen molar-refractivity contribution < 1.29 is 0 Å². The van der Waals surface area contributed by atoms with E-state index in [4.69, 9.17) is 17.3 Å². The topological polar surface area (TPSA) is 119 Å². The lowest BCUT2D eigenvalue weighted by Crippen LogP contribution is -2.24.